The van der Waals surface area contributed by atoms with E-state index in [1.165, 1.54) is 63.9 Å². The van der Waals surface area contributed by atoms with E-state index < -0.39 is 11.8 Å². The number of amides is 2. The predicted octanol–water partition coefficient (Wildman–Crippen LogP) is 3.87. The summed E-state index contributed by atoms with van der Waals surface area (Å²) < 4.78 is 28.6. The van der Waals surface area contributed by atoms with Crippen LogP contribution < -0.4 is 25.0 Å². The Morgan fingerprint density at radius 2 is 1.58 bits per heavy atom. The van der Waals surface area contributed by atoms with Crippen LogP contribution in [0.1, 0.15) is 26.3 Å². The fourth-order valence-electron chi connectivity index (χ4n) is 2.89. The van der Waals surface area contributed by atoms with Crippen LogP contribution in [0.25, 0.3) is 0 Å². The third-order valence-corrected chi connectivity index (χ3v) is 4.62. The number of hydrazone groups is 1. The summed E-state index contributed by atoms with van der Waals surface area (Å²) in [7, 11) is 4.43. The van der Waals surface area contributed by atoms with Gasteiger partial charge in [0.25, 0.3) is 11.8 Å². The molecule has 0 fully saturated rings. The molecule has 0 aliphatic heterocycles. The number of rotatable bonds is 8. The van der Waals surface area contributed by atoms with Crippen molar-refractivity contribution in [1.29, 1.82) is 0 Å². The molecular weight excluding hydrogens is 429 g/mol. The quantitative estimate of drug-likeness (QED) is 0.400. The van der Waals surface area contributed by atoms with Gasteiger partial charge in [0.05, 0.1) is 38.8 Å². The Morgan fingerprint density at radius 1 is 0.848 bits per heavy atom. The second kappa shape index (κ2) is 10.8. The maximum Gasteiger partial charge on any atom is 0.273 e. The van der Waals surface area contributed by atoms with Crippen LogP contribution in [0.4, 0.5) is 10.1 Å². The molecule has 9 heteroatoms. The maximum absolute atomic E-state index is 13.0. The standard InChI is InChI=1S/C24H22FN3O5/c1-31-18-9-10-20(27-23(29)16-6-11-21(32-2)22(12-16)33-3)19(13-18)24(30)28-26-14-15-4-7-17(25)8-5-15/h4-14H,1-3H3,(H,27,29)(H,28,30)/b26-14+. The van der Waals surface area contributed by atoms with E-state index >= 15 is 0 Å². The number of nitrogens with one attached hydrogen (secondary N) is 2. The molecule has 3 rings (SSSR count). The van der Waals surface area contributed by atoms with Crippen molar-refractivity contribution in [3.05, 3.63) is 83.2 Å². The second-order valence-corrected chi connectivity index (χ2v) is 6.69. The van der Waals surface area contributed by atoms with Gasteiger partial charge < -0.3 is 19.5 Å². The lowest BCUT2D eigenvalue weighted by Crippen LogP contribution is -2.21. The molecule has 2 amide bonds. The van der Waals surface area contributed by atoms with Gasteiger partial charge in [0.2, 0.25) is 0 Å². The molecule has 0 spiro atoms. The molecule has 0 saturated carbocycles. The van der Waals surface area contributed by atoms with E-state index in [-0.39, 0.29) is 17.1 Å². The van der Waals surface area contributed by atoms with Crippen LogP contribution in [0.5, 0.6) is 17.2 Å². The minimum Gasteiger partial charge on any atom is -0.497 e. The minimum absolute atomic E-state index is 0.138. The maximum atomic E-state index is 13.0. The van der Waals surface area contributed by atoms with Crippen molar-refractivity contribution in [3.8, 4) is 17.2 Å². The second-order valence-electron chi connectivity index (χ2n) is 6.69. The summed E-state index contributed by atoms with van der Waals surface area (Å²) in [5.41, 5.74) is 3.70. The van der Waals surface area contributed by atoms with Crippen molar-refractivity contribution in [2.75, 3.05) is 26.6 Å². The lowest BCUT2D eigenvalue weighted by atomic mass is 10.1. The Bertz CT molecular complexity index is 1180. The third kappa shape index (κ3) is 5.85. The highest BCUT2D eigenvalue weighted by atomic mass is 19.1. The van der Waals surface area contributed by atoms with Gasteiger partial charge in [-0.05, 0) is 54.1 Å². The zero-order chi connectivity index (χ0) is 23.8. The molecule has 3 aromatic carbocycles. The average Bonchev–Trinajstić information content (AvgIpc) is 2.84. The molecule has 0 unspecified atom stereocenters. The SMILES string of the molecule is COc1ccc(NC(=O)c2ccc(OC)c(OC)c2)c(C(=O)N/N=C/c2ccc(F)cc2)c1. The first kappa shape index (κ1) is 23.3. The van der Waals surface area contributed by atoms with E-state index in [0.717, 1.165) is 0 Å². The first-order valence-corrected chi connectivity index (χ1v) is 9.75. The Hall–Kier alpha value is -4.40. The monoisotopic (exact) mass is 451 g/mol. The number of ether oxygens (including phenoxy) is 3. The van der Waals surface area contributed by atoms with Crippen LogP contribution >= 0.6 is 0 Å². The average molecular weight is 451 g/mol. The molecule has 0 aromatic heterocycles. The first-order chi connectivity index (χ1) is 15.9. The molecule has 0 radical (unpaired) electrons. The van der Waals surface area contributed by atoms with Crippen molar-refractivity contribution in [1.82, 2.24) is 5.43 Å². The molecule has 2 N–H and O–H groups in total. The van der Waals surface area contributed by atoms with E-state index in [4.69, 9.17) is 14.2 Å². The Morgan fingerprint density at radius 3 is 2.24 bits per heavy atom. The van der Waals surface area contributed by atoms with Gasteiger partial charge in [0.1, 0.15) is 11.6 Å². The van der Waals surface area contributed by atoms with Crippen LogP contribution in [0, 0.1) is 5.82 Å². The number of hydrogen-bond donors (Lipinski definition) is 2. The normalized spacial score (nSPS) is 10.5. The zero-order valence-electron chi connectivity index (χ0n) is 18.2. The van der Waals surface area contributed by atoms with E-state index in [1.807, 2.05) is 0 Å². The largest absolute Gasteiger partial charge is 0.497 e. The molecule has 0 aliphatic carbocycles. The zero-order valence-corrected chi connectivity index (χ0v) is 18.2. The van der Waals surface area contributed by atoms with Gasteiger partial charge in [-0.25, -0.2) is 9.82 Å². The summed E-state index contributed by atoms with van der Waals surface area (Å²) in [6, 6.07) is 15.0. The number of anilines is 1. The van der Waals surface area contributed by atoms with Crippen molar-refractivity contribution in [2.24, 2.45) is 5.10 Å². The number of nitrogens with zero attached hydrogens (tertiary/aromatic N) is 1. The number of carbonyl (C=O) groups excluding carboxylic acids is 2. The Kier molecular flexibility index (Phi) is 7.59. The third-order valence-electron chi connectivity index (χ3n) is 4.62. The lowest BCUT2D eigenvalue weighted by Gasteiger charge is -2.13. The highest BCUT2D eigenvalue weighted by molar-refractivity contribution is 6.09. The summed E-state index contributed by atoms with van der Waals surface area (Å²) in [5.74, 6) is -0.0976. The smallest absolute Gasteiger partial charge is 0.273 e. The van der Waals surface area contributed by atoms with E-state index in [0.29, 0.717) is 28.4 Å². The number of hydrogen-bond acceptors (Lipinski definition) is 6. The summed E-state index contributed by atoms with van der Waals surface area (Å²) in [5, 5.41) is 6.61. The molecule has 33 heavy (non-hydrogen) atoms. The lowest BCUT2D eigenvalue weighted by molar-refractivity contribution is 0.0955. The number of methoxy groups -OCH3 is 3. The van der Waals surface area contributed by atoms with E-state index in [9.17, 15) is 14.0 Å². The van der Waals surface area contributed by atoms with Crippen molar-refractivity contribution >= 4 is 23.7 Å². The molecule has 170 valence electrons. The number of carbonyl (C=O) groups is 2. The summed E-state index contributed by atoms with van der Waals surface area (Å²) in [6.45, 7) is 0. The van der Waals surface area contributed by atoms with Gasteiger partial charge in [-0.3, -0.25) is 9.59 Å². The minimum atomic E-state index is -0.574. The summed E-state index contributed by atoms with van der Waals surface area (Å²) in [4.78, 5) is 25.6. The molecule has 0 bridgehead atoms. The van der Waals surface area contributed by atoms with Crippen molar-refractivity contribution in [3.63, 3.8) is 0 Å². The number of benzene rings is 3. The summed E-state index contributed by atoms with van der Waals surface area (Å²) >= 11 is 0. The Balaban J connectivity index is 1.80. The first-order valence-electron chi connectivity index (χ1n) is 9.75. The van der Waals surface area contributed by atoms with Crippen molar-refractivity contribution < 1.29 is 28.2 Å². The molecule has 8 nitrogen and oxygen atoms in total. The Labute approximate surface area is 190 Å². The van der Waals surface area contributed by atoms with Crippen LogP contribution in [0.3, 0.4) is 0 Å². The predicted molar refractivity (Wildman–Crippen MR) is 122 cm³/mol. The van der Waals surface area contributed by atoms with Gasteiger partial charge in [0, 0.05) is 5.56 Å². The van der Waals surface area contributed by atoms with Crippen LogP contribution in [-0.2, 0) is 0 Å². The highest BCUT2D eigenvalue weighted by Gasteiger charge is 2.17. The van der Waals surface area contributed by atoms with Gasteiger partial charge in [-0.2, -0.15) is 5.10 Å². The molecule has 3 aromatic rings. The van der Waals surface area contributed by atoms with Gasteiger partial charge in [-0.15, -0.1) is 0 Å². The van der Waals surface area contributed by atoms with E-state index in [1.54, 1.807) is 24.3 Å². The van der Waals surface area contributed by atoms with Gasteiger partial charge in [-0.1, -0.05) is 12.1 Å². The number of halogens is 1. The molecule has 0 aliphatic rings. The van der Waals surface area contributed by atoms with Crippen molar-refractivity contribution in [2.45, 2.75) is 0 Å². The van der Waals surface area contributed by atoms with Gasteiger partial charge >= 0.3 is 0 Å². The highest BCUT2D eigenvalue weighted by Crippen LogP contribution is 2.28. The molecule has 0 saturated heterocycles. The van der Waals surface area contributed by atoms with Crippen LogP contribution in [0.15, 0.2) is 65.8 Å². The molecular formula is C24H22FN3O5. The van der Waals surface area contributed by atoms with Gasteiger partial charge in [0.15, 0.2) is 11.5 Å². The fraction of sp³-hybridized carbons (Fsp3) is 0.125. The van der Waals surface area contributed by atoms with Crippen LogP contribution in [0.2, 0.25) is 0 Å². The molecule has 0 atom stereocenters. The topological polar surface area (TPSA) is 98.3 Å². The van der Waals surface area contributed by atoms with E-state index in [2.05, 4.69) is 15.8 Å². The molecule has 0 heterocycles. The fourth-order valence-corrected chi connectivity index (χ4v) is 2.89. The van der Waals surface area contributed by atoms with Crippen LogP contribution in [-0.4, -0.2) is 39.4 Å². The summed E-state index contributed by atoms with van der Waals surface area (Å²) in [6.07, 6.45) is 1.37.